The van der Waals surface area contributed by atoms with Crippen molar-refractivity contribution in [2.24, 2.45) is 23.2 Å². The number of halogens is 1. The summed E-state index contributed by atoms with van der Waals surface area (Å²) in [5, 5.41) is 1.48. The molecule has 5 atom stereocenters. The van der Waals surface area contributed by atoms with Gasteiger partial charge < -0.3 is 14.4 Å². The van der Waals surface area contributed by atoms with Gasteiger partial charge in [-0.15, -0.1) is 0 Å². The maximum Gasteiger partial charge on any atom is 0.306 e. The lowest BCUT2D eigenvalue weighted by Crippen LogP contribution is -2.48. The molecule has 2 amide bonds. The number of sulfonamides is 1. The van der Waals surface area contributed by atoms with E-state index in [-0.39, 0.29) is 63.4 Å². The van der Waals surface area contributed by atoms with Gasteiger partial charge in [-0.1, -0.05) is 57.9 Å². The van der Waals surface area contributed by atoms with Crippen LogP contribution in [0.4, 0.5) is 0 Å². The van der Waals surface area contributed by atoms with E-state index < -0.39 is 49.6 Å². The van der Waals surface area contributed by atoms with Gasteiger partial charge in [0.05, 0.1) is 47.0 Å². The fraction of sp³-hybridized carbons (Fsp3) is 0.643. The number of carbonyl (C=O) groups is 4. The highest BCUT2D eigenvalue weighted by molar-refractivity contribution is 7.91. The van der Waals surface area contributed by atoms with Gasteiger partial charge in [-0.2, -0.15) is 0 Å². The second-order valence-corrected chi connectivity index (χ2v) is 19.8. The number of ether oxygens (including phenoxy) is 2. The topological polar surface area (TPSA) is 149 Å². The highest BCUT2D eigenvalue weighted by Gasteiger charge is 2.63. The number of rotatable bonds is 7. The molecule has 1 aromatic carbocycles. The minimum atomic E-state index is -3.94. The summed E-state index contributed by atoms with van der Waals surface area (Å²) in [5.41, 5.74) is 0.321. The van der Waals surface area contributed by atoms with E-state index in [1.165, 1.54) is 0 Å². The lowest BCUT2D eigenvalue weighted by atomic mass is 9.85. The predicted octanol–water partition coefficient (Wildman–Crippen LogP) is 7.19. The molecule has 2 aromatic rings. The highest BCUT2D eigenvalue weighted by atomic mass is 35.5. The molecule has 0 unspecified atom stereocenters. The summed E-state index contributed by atoms with van der Waals surface area (Å²) in [6.45, 7) is 7.79. The number of Topliss-reactive ketones (excluding diaryl/α,β-unsaturated/α-hetero) is 1. The lowest BCUT2D eigenvalue weighted by molar-refractivity contribution is -0.151. The van der Waals surface area contributed by atoms with Crippen molar-refractivity contribution in [1.82, 2.24) is 14.6 Å². The first-order valence-electron chi connectivity index (χ1n) is 19.6. The molecule has 1 spiro atoms. The minimum Gasteiger partial charge on any atom is -0.483 e. The average molecular weight is 798 g/mol. The van der Waals surface area contributed by atoms with Gasteiger partial charge in [0, 0.05) is 34.7 Å². The van der Waals surface area contributed by atoms with Crippen LogP contribution in [0.1, 0.15) is 117 Å². The number of nitrogens with zero attached hydrogens (tertiary/aromatic N) is 2. The molecule has 55 heavy (non-hydrogen) atoms. The summed E-state index contributed by atoms with van der Waals surface area (Å²) in [5.74, 6) is -1.96. The van der Waals surface area contributed by atoms with Gasteiger partial charge in [-0.05, 0) is 95.2 Å². The first-order chi connectivity index (χ1) is 25.6. The van der Waals surface area contributed by atoms with Gasteiger partial charge in [0.2, 0.25) is 21.8 Å². The summed E-state index contributed by atoms with van der Waals surface area (Å²) < 4.78 is 40.2. The molecule has 5 aliphatic rings. The number of carbonyl (C=O) groups excluding carboxylic acids is 4. The molecule has 7 rings (SSSR count). The van der Waals surface area contributed by atoms with E-state index in [2.05, 4.69) is 4.72 Å². The third kappa shape index (κ3) is 8.18. The largest absolute Gasteiger partial charge is 0.483 e. The predicted molar refractivity (Wildman–Crippen MR) is 211 cm³/mol. The number of pyridine rings is 1. The Bertz CT molecular complexity index is 2010. The van der Waals surface area contributed by atoms with E-state index >= 15 is 0 Å². The van der Waals surface area contributed by atoms with Crippen LogP contribution in [0.2, 0.25) is 5.02 Å². The Hall–Kier alpha value is -3.51. The molecule has 13 heteroatoms. The Labute approximate surface area is 330 Å². The SMILES string of the molecule is C.Cc1nc2ccc(Cl)cc2c2c1O[C@]1(CC2)C[C@H]2C(=O)C[C@]3(C(=O)NS(=O)(=O)C4(C)CC4)C[C@H]3/C=C\CCCCC[C@H](CC(=O)OCC(C)C)C(=O)N2C1. The molecule has 3 aliphatic heterocycles. The summed E-state index contributed by atoms with van der Waals surface area (Å²) >= 11 is 6.39. The van der Waals surface area contributed by atoms with E-state index in [4.69, 9.17) is 26.1 Å². The van der Waals surface area contributed by atoms with Crippen LogP contribution >= 0.6 is 11.6 Å². The van der Waals surface area contributed by atoms with E-state index in [0.717, 1.165) is 42.1 Å². The first kappa shape index (κ1) is 41.1. The maximum absolute atomic E-state index is 14.8. The summed E-state index contributed by atoms with van der Waals surface area (Å²) in [6, 6.07) is 4.63. The fourth-order valence-electron chi connectivity index (χ4n) is 8.65. The zero-order chi connectivity index (χ0) is 38.6. The Morgan fingerprint density at radius 1 is 1.13 bits per heavy atom. The molecule has 2 aliphatic carbocycles. The molecular formula is C42H56ClN3O8S. The molecule has 3 fully saturated rings. The van der Waals surface area contributed by atoms with Crippen LogP contribution in [0.3, 0.4) is 0 Å². The third-order valence-electron chi connectivity index (χ3n) is 12.4. The standard InChI is InChI=1S/C41H52ClN3O8S.CH4/c1-25(2)23-52-35(47)18-27-10-8-6-5-7-9-11-28-20-41(28,38(49)44-54(50,51)39(4)16-17-39)22-34(46)33-21-40(24-45(33)37(27)48)15-14-30-31-19-29(42)12-13-32(31)43-26(3)36(30)53-40;/h9,11-13,19,25,27-28,33H,5-8,10,14-18,20-24H2,1-4H3,(H,44,49);1H4/b11-9-;/t27-,28-,33+,40-,41-;/m1./s1. The van der Waals surface area contributed by atoms with Crippen LogP contribution in [-0.2, 0) is 40.4 Å². The average Bonchev–Trinajstić information content (AvgIpc) is 4.01. The fourth-order valence-corrected chi connectivity index (χ4v) is 10.2. The first-order valence-corrected chi connectivity index (χ1v) is 21.4. The van der Waals surface area contributed by atoms with Crippen molar-refractivity contribution < 1.29 is 37.1 Å². The summed E-state index contributed by atoms with van der Waals surface area (Å²) in [7, 11) is -3.94. The maximum atomic E-state index is 14.8. The number of hydrogen-bond donors (Lipinski definition) is 1. The van der Waals surface area contributed by atoms with Crippen LogP contribution in [0.15, 0.2) is 30.4 Å². The van der Waals surface area contributed by atoms with Gasteiger partial charge in [0.1, 0.15) is 11.4 Å². The van der Waals surface area contributed by atoms with Crippen LogP contribution in [-0.4, -0.2) is 71.4 Å². The van der Waals surface area contributed by atoms with Crippen molar-refractivity contribution in [3.05, 3.63) is 46.6 Å². The van der Waals surface area contributed by atoms with E-state index in [1.54, 1.807) is 17.9 Å². The van der Waals surface area contributed by atoms with Gasteiger partial charge in [0.15, 0.2) is 5.78 Å². The Balaban J connectivity index is 0.00000514. The zero-order valence-corrected chi connectivity index (χ0v) is 33.3. The number of allylic oxidation sites excluding steroid dienone is 2. The molecule has 1 saturated heterocycles. The number of fused-ring (bicyclic) bond motifs is 5. The zero-order valence-electron chi connectivity index (χ0n) is 31.7. The van der Waals surface area contributed by atoms with Crippen LogP contribution < -0.4 is 9.46 Å². The summed E-state index contributed by atoms with van der Waals surface area (Å²) in [6.07, 6.45) is 9.89. The lowest BCUT2D eigenvalue weighted by Gasteiger charge is -2.36. The summed E-state index contributed by atoms with van der Waals surface area (Å²) in [4.78, 5) is 63.0. The number of amides is 2. The Kier molecular flexibility index (Phi) is 11.5. The normalized spacial score (nSPS) is 29.5. The molecule has 300 valence electrons. The van der Waals surface area contributed by atoms with Crippen molar-refractivity contribution in [1.29, 1.82) is 0 Å². The molecule has 1 N–H and O–H groups in total. The second-order valence-electron chi connectivity index (χ2n) is 17.2. The molecular weight excluding hydrogens is 742 g/mol. The van der Waals surface area contributed by atoms with Crippen LogP contribution in [0.5, 0.6) is 5.75 Å². The number of benzene rings is 1. The number of aryl methyl sites for hydroxylation is 2. The number of ketones is 1. The van der Waals surface area contributed by atoms with E-state index in [1.807, 2.05) is 45.1 Å². The number of esters is 1. The van der Waals surface area contributed by atoms with E-state index in [9.17, 15) is 27.6 Å². The highest BCUT2D eigenvalue weighted by Crippen LogP contribution is 2.58. The van der Waals surface area contributed by atoms with Crippen LogP contribution in [0.25, 0.3) is 10.9 Å². The van der Waals surface area contributed by atoms with Crippen LogP contribution in [0, 0.1) is 30.1 Å². The van der Waals surface area contributed by atoms with E-state index in [0.29, 0.717) is 55.0 Å². The minimum absolute atomic E-state index is 0. The quantitative estimate of drug-likeness (QED) is 0.227. The van der Waals surface area contributed by atoms with Gasteiger partial charge in [0.25, 0.3) is 0 Å². The van der Waals surface area contributed by atoms with Crippen molar-refractivity contribution in [2.75, 3.05) is 13.2 Å². The molecule has 0 radical (unpaired) electrons. The van der Waals surface area contributed by atoms with Crippen molar-refractivity contribution in [2.45, 2.75) is 135 Å². The van der Waals surface area contributed by atoms with Crippen molar-refractivity contribution >= 4 is 56.1 Å². The number of hydrogen-bond acceptors (Lipinski definition) is 9. The second kappa shape index (κ2) is 15.4. The van der Waals surface area contributed by atoms with Gasteiger partial charge >= 0.3 is 5.97 Å². The Morgan fingerprint density at radius 3 is 2.62 bits per heavy atom. The number of nitrogens with one attached hydrogen (secondary N) is 1. The molecule has 4 heterocycles. The Morgan fingerprint density at radius 2 is 1.89 bits per heavy atom. The van der Waals surface area contributed by atoms with Crippen molar-refractivity contribution in [3.63, 3.8) is 0 Å². The van der Waals surface area contributed by atoms with Gasteiger partial charge in [-0.3, -0.25) is 23.9 Å². The monoisotopic (exact) mass is 797 g/mol. The van der Waals surface area contributed by atoms with Crippen molar-refractivity contribution in [3.8, 4) is 5.75 Å². The molecule has 1 aromatic heterocycles. The van der Waals surface area contributed by atoms with Gasteiger partial charge in [-0.25, -0.2) is 13.4 Å². The molecule has 11 nitrogen and oxygen atoms in total. The number of aromatic nitrogens is 1. The third-order valence-corrected chi connectivity index (χ3v) is 14.8. The molecule has 0 bridgehead atoms. The smallest absolute Gasteiger partial charge is 0.306 e. The molecule has 2 saturated carbocycles.